The van der Waals surface area contributed by atoms with Crippen LogP contribution < -0.4 is 5.73 Å². The fraction of sp³-hybridized carbons (Fsp3) is 0.632. The first-order valence-corrected chi connectivity index (χ1v) is 16.0. The van der Waals surface area contributed by atoms with Crippen molar-refractivity contribution in [1.82, 2.24) is 14.9 Å². The fourth-order valence-electron chi connectivity index (χ4n) is 2.63. The van der Waals surface area contributed by atoms with Crippen molar-refractivity contribution in [3.05, 3.63) is 28.2 Å². The average molecular weight is 593 g/mol. The van der Waals surface area contributed by atoms with E-state index in [-0.39, 0.29) is 18.8 Å². The van der Waals surface area contributed by atoms with Crippen LogP contribution in [-0.4, -0.2) is 60.4 Å². The molecule has 0 bridgehead atoms. The van der Waals surface area contributed by atoms with E-state index in [1.807, 2.05) is 6.92 Å². The molecule has 0 aliphatic rings. The van der Waals surface area contributed by atoms with Crippen LogP contribution in [0, 0.1) is 6.92 Å². The summed E-state index contributed by atoms with van der Waals surface area (Å²) in [5.41, 5.74) is 6.96. The molecule has 206 valence electrons. The molecule has 1 rings (SSSR count). The van der Waals surface area contributed by atoms with Gasteiger partial charge in [0.25, 0.3) is 0 Å². The van der Waals surface area contributed by atoms with E-state index in [0.717, 1.165) is 33.5 Å². The van der Waals surface area contributed by atoms with Crippen LogP contribution in [0.3, 0.4) is 0 Å². The summed E-state index contributed by atoms with van der Waals surface area (Å²) in [5.74, 6) is 1.49. The van der Waals surface area contributed by atoms with E-state index in [4.69, 9.17) is 10.3 Å². The minimum Gasteiger partial charge on any atom is -0.383 e. The van der Waals surface area contributed by atoms with Crippen LogP contribution in [0.4, 0.5) is 14.6 Å². The Bertz CT molecular complexity index is 1010. The van der Waals surface area contributed by atoms with Gasteiger partial charge in [0, 0.05) is 55.9 Å². The lowest BCUT2D eigenvalue weighted by atomic mass is 10.2. The zero-order chi connectivity index (χ0) is 27.6. The van der Waals surface area contributed by atoms with Crippen LogP contribution in [0.1, 0.15) is 38.1 Å². The number of alkyl halides is 2. The van der Waals surface area contributed by atoms with Gasteiger partial charge in [-0.3, -0.25) is 13.9 Å². The summed E-state index contributed by atoms with van der Waals surface area (Å²) in [6.45, 7) is 4.92. The number of allylic oxidation sites excluding steroid dienone is 1. The normalized spacial score (nSPS) is 14.8. The Hall–Kier alpha value is -1.05. The first-order valence-electron chi connectivity index (χ1n) is 10.5. The zero-order valence-corrected chi connectivity index (χ0v) is 24.4. The number of hydrogen-bond acceptors (Lipinski definition) is 12. The molecule has 0 saturated carbocycles. The summed E-state index contributed by atoms with van der Waals surface area (Å²) in [6.07, 6.45) is 2.99. The molecule has 0 spiro atoms. The van der Waals surface area contributed by atoms with Crippen LogP contribution in [0.5, 0.6) is 0 Å². The van der Waals surface area contributed by atoms with Gasteiger partial charge in [-0.25, -0.2) is 9.97 Å². The van der Waals surface area contributed by atoms with Gasteiger partial charge < -0.3 is 28.7 Å². The molecule has 1 heterocycles. The second kappa shape index (κ2) is 14.8. The first kappa shape index (κ1) is 33.0. The Labute approximate surface area is 217 Å². The Morgan fingerprint density at radius 2 is 1.83 bits per heavy atom. The van der Waals surface area contributed by atoms with Gasteiger partial charge in [-0.2, -0.15) is 8.78 Å². The lowest BCUT2D eigenvalue weighted by molar-refractivity contribution is -0.116. The number of nitrogens with two attached hydrogens (primary N) is 1. The lowest BCUT2D eigenvalue weighted by Crippen LogP contribution is -2.23. The Morgan fingerprint density at radius 3 is 2.33 bits per heavy atom. The third-order valence-electron chi connectivity index (χ3n) is 4.74. The zero-order valence-electron chi connectivity index (χ0n) is 20.9. The number of halogens is 2. The number of nitrogens with zero attached hydrogens (tertiary/aromatic N) is 3. The molecule has 2 N–H and O–H groups in total. The maximum atomic E-state index is 14.8. The van der Waals surface area contributed by atoms with Gasteiger partial charge in [0.15, 0.2) is 0 Å². The first-order chi connectivity index (χ1) is 16.9. The SMILES string of the molecule is CCCSS/C(CCOP(=O)(OC)C(F)(F)P(=O)(OC)OC)=C(/C)N(C=O)Cc1cnc(C)nc1N. The van der Waals surface area contributed by atoms with Crippen molar-refractivity contribution >= 4 is 49.0 Å². The molecule has 0 aliphatic heterocycles. The Balaban J connectivity index is 3.19. The molecule has 36 heavy (non-hydrogen) atoms. The van der Waals surface area contributed by atoms with E-state index in [2.05, 4.69) is 23.5 Å². The van der Waals surface area contributed by atoms with Crippen LogP contribution >= 0.6 is 36.8 Å². The summed E-state index contributed by atoms with van der Waals surface area (Å²) >= 11 is 0. The molecule has 17 heteroatoms. The number of aromatic nitrogens is 2. The van der Waals surface area contributed by atoms with Gasteiger partial charge in [0.2, 0.25) is 6.41 Å². The quantitative estimate of drug-likeness (QED) is 0.104. The van der Waals surface area contributed by atoms with Crippen LogP contribution in [-0.2, 0) is 38.6 Å². The molecule has 0 aliphatic carbocycles. The Kier molecular flexibility index (Phi) is 13.5. The smallest absolute Gasteiger partial charge is 0.383 e. The van der Waals surface area contributed by atoms with Crippen LogP contribution in [0.15, 0.2) is 16.8 Å². The Morgan fingerprint density at radius 1 is 1.22 bits per heavy atom. The molecular weight excluding hydrogens is 560 g/mol. The number of carbonyl (C=O) groups excluding carboxylic acids is 1. The molecule has 11 nitrogen and oxygen atoms in total. The average Bonchev–Trinajstić information content (AvgIpc) is 2.86. The number of amides is 1. The maximum absolute atomic E-state index is 14.8. The summed E-state index contributed by atoms with van der Waals surface area (Å²) in [5, 5.41) is -4.56. The van der Waals surface area contributed by atoms with Crippen molar-refractivity contribution in [2.24, 2.45) is 0 Å². The molecular formula is C19H32F2N4O7P2S2. The van der Waals surface area contributed by atoms with E-state index in [1.165, 1.54) is 32.7 Å². The van der Waals surface area contributed by atoms with Gasteiger partial charge in [-0.05, 0) is 20.3 Å². The van der Waals surface area contributed by atoms with E-state index < -0.39 is 27.2 Å². The third kappa shape index (κ3) is 7.97. The van der Waals surface area contributed by atoms with Gasteiger partial charge >= 0.3 is 20.6 Å². The van der Waals surface area contributed by atoms with Crippen molar-refractivity contribution in [3.63, 3.8) is 0 Å². The monoisotopic (exact) mass is 592 g/mol. The number of nitrogen functional groups attached to an aromatic ring is 1. The number of carbonyl (C=O) groups is 1. The molecule has 1 aromatic rings. The fourth-order valence-corrected chi connectivity index (χ4v) is 8.73. The molecule has 1 aromatic heterocycles. The van der Waals surface area contributed by atoms with E-state index in [0.29, 0.717) is 28.4 Å². The van der Waals surface area contributed by atoms with E-state index in [1.54, 1.807) is 13.8 Å². The predicted molar refractivity (Wildman–Crippen MR) is 138 cm³/mol. The topological polar surface area (TPSA) is 143 Å². The highest BCUT2D eigenvalue weighted by Crippen LogP contribution is 2.78. The van der Waals surface area contributed by atoms with E-state index >= 15 is 0 Å². The molecule has 1 amide bonds. The van der Waals surface area contributed by atoms with Crippen molar-refractivity contribution in [2.45, 2.75) is 45.6 Å². The van der Waals surface area contributed by atoms with Gasteiger partial charge in [-0.1, -0.05) is 28.5 Å². The highest BCUT2D eigenvalue weighted by atomic mass is 33.1. The minimum atomic E-state index is -5.27. The van der Waals surface area contributed by atoms with Crippen LogP contribution in [0.25, 0.3) is 0 Å². The number of rotatable bonds is 17. The number of aryl methyl sites for hydroxylation is 1. The summed E-state index contributed by atoms with van der Waals surface area (Å²) in [7, 11) is -5.37. The van der Waals surface area contributed by atoms with Gasteiger partial charge in [-0.15, -0.1) is 0 Å². The molecule has 0 radical (unpaired) electrons. The summed E-state index contributed by atoms with van der Waals surface area (Å²) < 4.78 is 72.9. The molecule has 0 fully saturated rings. The lowest BCUT2D eigenvalue weighted by Gasteiger charge is -2.29. The molecule has 0 aromatic carbocycles. The van der Waals surface area contributed by atoms with Crippen molar-refractivity contribution in [2.75, 3.05) is 39.4 Å². The van der Waals surface area contributed by atoms with Crippen LogP contribution in [0.2, 0.25) is 0 Å². The second-order valence-corrected chi connectivity index (χ2v) is 14.4. The highest BCUT2D eigenvalue weighted by molar-refractivity contribution is 8.78. The van der Waals surface area contributed by atoms with Gasteiger partial charge in [0.05, 0.1) is 13.2 Å². The van der Waals surface area contributed by atoms with Gasteiger partial charge in [0.1, 0.15) is 11.6 Å². The summed E-state index contributed by atoms with van der Waals surface area (Å²) in [4.78, 5) is 22.0. The van der Waals surface area contributed by atoms with Crippen molar-refractivity contribution < 1.29 is 40.8 Å². The number of anilines is 1. The third-order valence-corrected chi connectivity index (χ3v) is 12.3. The predicted octanol–water partition coefficient (Wildman–Crippen LogP) is 5.63. The largest absolute Gasteiger partial charge is 0.444 e. The minimum absolute atomic E-state index is 0.00880. The molecule has 1 atom stereocenters. The van der Waals surface area contributed by atoms with E-state index in [9.17, 15) is 22.7 Å². The van der Waals surface area contributed by atoms with Crippen molar-refractivity contribution in [1.29, 1.82) is 0 Å². The molecule has 1 unspecified atom stereocenters. The second-order valence-electron chi connectivity index (χ2n) is 7.11. The highest BCUT2D eigenvalue weighted by Gasteiger charge is 2.68. The standard InChI is InChI=1S/C19H32F2N4O7P2S2/c1-7-10-35-36-17(14(2)25(13-26)12-16-11-23-15(3)24-18(16)22)8-9-32-34(28,31-6)19(20,21)33(27,29-4)30-5/h11,13H,7-10,12H2,1-6H3,(H2,22,23,24)/b17-14-. The summed E-state index contributed by atoms with van der Waals surface area (Å²) in [6, 6.07) is 0. The van der Waals surface area contributed by atoms with Crippen molar-refractivity contribution in [3.8, 4) is 0 Å². The number of hydrogen-bond donors (Lipinski definition) is 1. The maximum Gasteiger partial charge on any atom is 0.444 e. The molecule has 0 saturated heterocycles.